The first-order chi connectivity index (χ1) is 16.8. The molecule has 7 heteroatoms. The van der Waals surface area contributed by atoms with Crippen molar-refractivity contribution in [1.82, 2.24) is 24.8 Å². The Labute approximate surface area is 205 Å². The highest BCUT2D eigenvalue weighted by Crippen LogP contribution is 2.38. The summed E-state index contributed by atoms with van der Waals surface area (Å²) in [6, 6.07) is 24.8. The number of anilines is 1. The van der Waals surface area contributed by atoms with Crippen molar-refractivity contribution < 1.29 is 0 Å². The van der Waals surface area contributed by atoms with Gasteiger partial charge >= 0.3 is 0 Å². The zero-order chi connectivity index (χ0) is 23.2. The summed E-state index contributed by atoms with van der Waals surface area (Å²) in [7, 11) is 0. The second-order valence-electron chi connectivity index (χ2n) is 8.39. The van der Waals surface area contributed by atoms with Gasteiger partial charge in [0.1, 0.15) is 0 Å². The van der Waals surface area contributed by atoms with Crippen LogP contribution < -0.4 is 10.6 Å². The summed E-state index contributed by atoms with van der Waals surface area (Å²) in [6.45, 7) is 2.48. The van der Waals surface area contributed by atoms with Crippen molar-refractivity contribution in [3.8, 4) is 0 Å². The van der Waals surface area contributed by atoms with E-state index in [2.05, 4.69) is 72.7 Å². The molecule has 0 saturated carbocycles. The lowest BCUT2D eigenvalue weighted by Crippen LogP contribution is -2.32. The van der Waals surface area contributed by atoms with E-state index in [4.69, 9.17) is 12.2 Å². The molecule has 0 amide bonds. The molecule has 1 aliphatic heterocycles. The minimum atomic E-state index is -0.0154. The Balaban J connectivity index is 1.38. The highest BCUT2D eigenvalue weighted by molar-refractivity contribution is 7.80. The molecule has 5 rings (SSSR count). The van der Waals surface area contributed by atoms with E-state index in [9.17, 15) is 0 Å². The van der Waals surface area contributed by atoms with Crippen molar-refractivity contribution >= 4 is 23.0 Å². The smallest absolute Gasteiger partial charge is 0.170 e. The molecule has 4 aromatic rings. The SMILES string of the molecule is S=C1N[C@H](c2ccccn2)[C@@H](c2cccn2Cc2cccnc2)N1CCCNc1ccccc1. The summed E-state index contributed by atoms with van der Waals surface area (Å²) in [6.07, 6.45) is 8.67. The van der Waals surface area contributed by atoms with Crippen molar-refractivity contribution in [2.75, 3.05) is 18.4 Å². The van der Waals surface area contributed by atoms with Crippen molar-refractivity contribution in [2.45, 2.75) is 25.0 Å². The summed E-state index contributed by atoms with van der Waals surface area (Å²) in [4.78, 5) is 11.3. The molecule has 172 valence electrons. The molecule has 2 N–H and O–H groups in total. The van der Waals surface area contributed by atoms with Crippen LogP contribution in [0.25, 0.3) is 0 Å². The summed E-state index contributed by atoms with van der Waals surface area (Å²) in [5.74, 6) is 0. The lowest BCUT2D eigenvalue weighted by molar-refractivity contribution is 0.303. The van der Waals surface area contributed by atoms with Gasteiger partial charge in [0.25, 0.3) is 0 Å². The first kappa shape index (κ1) is 22.1. The molecular weight excluding hydrogens is 440 g/mol. The lowest BCUT2D eigenvalue weighted by Gasteiger charge is -2.29. The molecule has 0 bridgehead atoms. The van der Waals surface area contributed by atoms with Crippen LogP contribution in [-0.2, 0) is 6.54 Å². The maximum atomic E-state index is 5.83. The maximum absolute atomic E-state index is 5.83. The van der Waals surface area contributed by atoms with Gasteiger partial charge in [0.2, 0.25) is 0 Å². The normalized spacial score (nSPS) is 17.5. The standard InChI is InChI=1S/C27H28N6S/c34-27-31-25(23-12-4-5-15-30-23)26(33(27)18-8-16-29-22-10-2-1-3-11-22)24-13-7-17-32(24)20-21-9-6-14-28-19-21/h1-7,9-15,17,19,25-26,29H,8,16,18,20H2,(H,31,34)/t25-,26-/m1/s1. The monoisotopic (exact) mass is 468 g/mol. The molecule has 6 nitrogen and oxygen atoms in total. The van der Waals surface area contributed by atoms with E-state index in [0.717, 1.165) is 42.5 Å². The summed E-state index contributed by atoms with van der Waals surface area (Å²) in [5, 5.41) is 7.83. The number of nitrogens with one attached hydrogen (secondary N) is 2. The van der Waals surface area contributed by atoms with Crippen LogP contribution in [0.5, 0.6) is 0 Å². The van der Waals surface area contributed by atoms with Crippen LogP contribution in [0.4, 0.5) is 5.69 Å². The third-order valence-corrected chi connectivity index (χ3v) is 6.47. The first-order valence-electron chi connectivity index (χ1n) is 11.6. The number of nitrogens with zero attached hydrogens (tertiary/aromatic N) is 4. The average molecular weight is 469 g/mol. The van der Waals surface area contributed by atoms with Crippen LogP contribution in [0.1, 0.15) is 35.5 Å². The fourth-order valence-electron chi connectivity index (χ4n) is 4.53. The Morgan fingerprint density at radius 2 is 1.82 bits per heavy atom. The highest BCUT2D eigenvalue weighted by Gasteiger charge is 2.40. The van der Waals surface area contributed by atoms with Crippen LogP contribution in [0.15, 0.2) is 97.6 Å². The quantitative estimate of drug-likeness (QED) is 0.272. The van der Waals surface area contributed by atoms with Gasteiger partial charge in [-0.3, -0.25) is 9.97 Å². The minimum Gasteiger partial charge on any atom is -0.385 e. The van der Waals surface area contributed by atoms with Gasteiger partial charge in [-0.1, -0.05) is 30.3 Å². The van der Waals surface area contributed by atoms with E-state index < -0.39 is 0 Å². The first-order valence-corrected chi connectivity index (χ1v) is 12.0. The molecule has 34 heavy (non-hydrogen) atoms. The molecular formula is C27H28N6S. The molecule has 3 aromatic heterocycles. The Morgan fingerprint density at radius 1 is 0.941 bits per heavy atom. The van der Waals surface area contributed by atoms with Gasteiger partial charge in [-0.2, -0.15) is 0 Å². The molecule has 0 spiro atoms. The molecule has 1 saturated heterocycles. The molecule has 0 radical (unpaired) electrons. The van der Waals surface area contributed by atoms with E-state index in [1.165, 1.54) is 11.3 Å². The van der Waals surface area contributed by atoms with Gasteiger partial charge in [0.05, 0.1) is 17.8 Å². The van der Waals surface area contributed by atoms with Gasteiger partial charge in [-0.15, -0.1) is 0 Å². The van der Waals surface area contributed by atoms with Crippen LogP contribution in [0.3, 0.4) is 0 Å². The number of rotatable bonds is 9. The minimum absolute atomic E-state index is 0.0154. The van der Waals surface area contributed by atoms with Crippen LogP contribution in [0, 0.1) is 0 Å². The van der Waals surface area contributed by atoms with E-state index in [1.807, 2.05) is 55.0 Å². The van der Waals surface area contributed by atoms with Crippen molar-refractivity contribution in [2.24, 2.45) is 0 Å². The number of benzene rings is 1. The third-order valence-electron chi connectivity index (χ3n) is 6.12. The number of hydrogen-bond acceptors (Lipinski definition) is 4. The van der Waals surface area contributed by atoms with Gasteiger partial charge < -0.3 is 20.1 Å². The number of aromatic nitrogens is 3. The molecule has 1 aromatic carbocycles. The van der Waals surface area contributed by atoms with E-state index in [1.54, 1.807) is 0 Å². The molecule has 1 aliphatic rings. The fraction of sp³-hybridized carbons (Fsp3) is 0.222. The average Bonchev–Trinajstić information content (AvgIpc) is 3.47. The second kappa shape index (κ2) is 10.5. The molecule has 2 atom stereocenters. The predicted octanol–water partition coefficient (Wildman–Crippen LogP) is 4.80. The van der Waals surface area contributed by atoms with Crippen LogP contribution in [-0.4, -0.2) is 37.6 Å². The molecule has 4 heterocycles. The van der Waals surface area contributed by atoms with E-state index in [0.29, 0.717) is 0 Å². The summed E-state index contributed by atoms with van der Waals surface area (Å²) < 4.78 is 2.29. The fourth-order valence-corrected chi connectivity index (χ4v) is 4.87. The molecule has 1 fully saturated rings. The summed E-state index contributed by atoms with van der Waals surface area (Å²) >= 11 is 5.83. The molecule has 0 unspecified atom stereocenters. The van der Waals surface area contributed by atoms with Crippen LogP contribution in [0.2, 0.25) is 0 Å². The number of para-hydroxylation sites is 1. The Morgan fingerprint density at radius 3 is 2.62 bits per heavy atom. The number of thiocarbonyl (C=S) groups is 1. The third kappa shape index (κ3) is 4.94. The largest absolute Gasteiger partial charge is 0.385 e. The van der Waals surface area contributed by atoms with Crippen molar-refractivity contribution in [3.63, 3.8) is 0 Å². The predicted molar refractivity (Wildman–Crippen MR) is 139 cm³/mol. The van der Waals surface area contributed by atoms with Gasteiger partial charge in [-0.05, 0) is 66.7 Å². The zero-order valence-corrected chi connectivity index (χ0v) is 19.7. The highest BCUT2D eigenvalue weighted by atomic mass is 32.1. The second-order valence-corrected chi connectivity index (χ2v) is 8.78. The Bertz CT molecular complexity index is 1200. The molecule has 0 aliphatic carbocycles. The lowest BCUT2D eigenvalue weighted by atomic mass is 10.0. The van der Waals surface area contributed by atoms with Gasteiger partial charge in [0, 0.05) is 55.8 Å². The Kier molecular flexibility index (Phi) is 6.81. The zero-order valence-electron chi connectivity index (χ0n) is 18.9. The topological polar surface area (TPSA) is 58.0 Å². The van der Waals surface area contributed by atoms with Gasteiger partial charge in [-0.25, -0.2) is 0 Å². The maximum Gasteiger partial charge on any atom is 0.170 e. The number of pyridine rings is 2. The van der Waals surface area contributed by atoms with Crippen LogP contribution >= 0.6 is 12.2 Å². The Hall–Kier alpha value is -3.71. The van der Waals surface area contributed by atoms with Crippen molar-refractivity contribution in [1.29, 1.82) is 0 Å². The van der Waals surface area contributed by atoms with E-state index >= 15 is 0 Å². The van der Waals surface area contributed by atoms with Gasteiger partial charge in [0.15, 0.2) is 5.11 Å². The summed E-state index contributed by atoms with van der Waals surface area (Å²) in [5.41, 5.74) is 4.51. The van der Waals surface area contributed by atoms with E-state index in [-0.39, 0.29) is 12.1 Å². The van der Waals surface area contributed by atoms with Crippen molar-refractivity contribution in [3.05, 3.63) is 115 Å². The number of hydrogen-bond donors (Lipinski definition) is 2.